The Hall–Kier alpha value is -0.830. The van der Waals surface area contributed by atoms with Gasteiger partial charge in [0, 0.05) is 31.9 Å². The van der Waals surface area contributed by atoms with Gasteiger partial charge in [-0.25, -0.2) is 4.98 Å². The maximum Gasteiger partial charge on any atom is 0.108 e. The molecule has 0 amide bonds. The number of nitrogens with zero attached hydrogens (tertiary/aromatic N) is 2. The Bertz CT molecular complexity index is 362. The minimum absolute atomic E-state index is 0.428. The lowest BCUT2D eigenvalue weighted by atomic mass is 9.82. The van der Waals surface area contributed by atoms with Crippen molar-refractivity contribution in [1.29, 1.82) is 0 Å². The lowest BCUT2D eigenvalue weighted by Gasteiger charge is -2.26. The molecule has 2 atom stereocenters. The molecule has 0 aliphatic carbocycles. The first-order chi connectivity index (χ1) is 8.81. The average molecular weight is 265 g/mol. The predicted octanol–water partition coefficient (Wildman–Crippen LogP) is 3.40. The highest BCUT2D eigenvalue weighted by Gasteiger charge is 2.18. The summed E-state index contributed by atoms with van der Waals surface area (Å²) in [6, 6.07) is 0.592. The van der Waals surface area contributed by atoms with Crippen LogP contribution < -0.4 is 5.32 Å². The zero-order valence-electron chi connectivity index (χ0n) is 13.5. The van der Waals surface area contributed by atoms with Crippen LogP contribution in [0.1, 0.15) is 52.8 Å². The minimum atomic E-state index is 0.428. The van der Waals surface area contributed by atoms with Crippen molar-refractivity contribution in [2.45, 2.75) is 59.4 Å². The first kappa shape index (κ1) is 16.2. The van der Waals surface area contributed by atoms with Crippen molar-refractivity contribution < 1.29 is 0 Å². The molecule has 0 saturated carbocycles. The van der Waals surface area contributed by atoms with Crippen LogP contribution in [0.2, 0.25) is 0 Å². The van der Waals surface area contributed by atoms with Crippen molar-refractivity contribution in [2.75, 3.05) is 7.05 Å². The Balaban J connectivity index is 2.39. The standard InChI is InChI=1S/C16H31N3/c1-13(12-16(2,3)4)11-14(17-5)7-8-15-18-9-10-19(15)6/h9-10,13-14,17H,7-8,11-12H2,1-6H3. The number of rotatable bonds is 7. The number of nitrogens with one attached hydrogen (secondary N) is 1. The molecule has 19 heavy (non-hydrogen) atoms. The van der Waals surface area contributed by atoms with Crippen molar-refractivity contribution in [1.82, 2.24) is 14.9 Å². The molecular formula is C16H31N3. The lowest BCUT2D eigenvalue weighted by Crippen LogP contribution is -2.29. The fourth-order valence-electron chi connectivity index (χ4n) is 2.94. The average Bonchev–Trinajstić information content (AvgIpc) is 2.67. The third kappa shape index (κ3) is 6.24. The number of hydrogen-bond acceptors (Lipinski definition) is 2. The molecule has 1 rings (SSSR count). The molecule has 0 bridgehead atoms. The van der Waals surface area contributed by atoms with Crippen LogP contribution in [-0.4, -0.2) is 22.6 Å². The van der Waals surface area contributed by atoms with Gasteiger partial charge in [0.2, 0.25) is 0 Å². The van der Waals surface area contributed by atoms with Gasteiger partial charge in [-0.2, -0.15) is 0 Å². The Morgan fingerprint density at radius 3 is 2.53 bits per heavy atom. The highest BCUT2D eigenvalue weighted by molar-refractivity contribution is 4.92. The maximum absolute atomic E-state index is 4.40. The number of aryl methyl sites for hydroxylation is 2. The van der Waals surface area contributed by atoms with Gasteiger partial charge < -0.3 is 9.88 Å². The largest absolute Gasteiger partial charge is 0.338 e. The van der Waals surface area contributed by atoms with Gasteiger partial charge in [0.1, 0.15) is 5.82 Å². The number of imidazole rings is 1. The Morgan fingerprint density at radius 1 is 1.37 bits per heavy atom. The zero-order chi connectivity index (χ0) is 14.5. The van der Waals surface area contributed by atoms with Gasteiger partial charge in [-0.15, -0.1) is 0 Å². The van der Waals surface area contributed by atoms with Gasteiger partial charge in [-0.05, 0) is 37.6 Å². The Kier molecular flexibility index (Phi) is 6.05. The maximum atomic E-state index is 4.40. The summed E-state index contributed by atoms with van der Waals surface area (Å²) in [6.07, 6.45) is 8.65. The van der Waals surface area contributed by atoms with Gasteiger partial charge in [0.15, 0.2) is 0 Å². The first-order valence-electron chi connectivity index (χ1n) is 7.45. The van der Waals surface area contributed by atoms with Crippen LogP contribution >= 0.6 is 0 Å². The van der Waals surface area contributed by atoms with Gasteiger partial charge in [-0.1, -0.05) is 27.7 Å². The van der Waals surface area contributed by atoms with Crippen molar-refractivity contribution in [3.8, 4) is 0 Å². The summed E-state index contributed by atoms with van der Waals surface area (Å²) in [5.41, 5.74) is 0.428. The molecule has 1 aromatic rings. The molecule has 0 radical (unpaired) electrons. The molecule has 1 N–H and O–H groups in total. The molecule has 3 heteroatoms. The van der Waals surface area contributed by atoms with Gasteiger partial charge >= 0.3 is 0 Å². The SMILES string of the molecule is CNC(CCc1nccn1C)CC(C)CC(C)(C)C. The lowest BCUT2D eigenvalue weighted by molar-refractivity contribution is 0.274. The van der Waals surface area contributed by atoms with Crippen LogP contribution in [0.25, 0.3) is 0 Å². The summed E-state index contributed by atoms with van der Waals surface area (Å²) in [4.78, 5) is 4.40. The second-order valence-electron chi connectivity index (χ2n) is 7.08. The van der Waals surface area contributed by atoms with E-state index in [9.17, 15) is 0 Å². The molecule has 3 nitrogen and oxygen atoms in total. The van der Waals surface area contributed by atoms with Crippen molar-refractivity contribution in [2.24, 2.45) is 18.4 Å². The number of hydrogen-bond donors (Lipinski definition) is 1. The molecule has 0 aromatic carbocycles. The molecule has 1 aromatic heterocycles. The summed E-state index contributed by atoms with van der Waals surface area (Å²) in [7, 11) is 4.14. The molecular weight excluding hydrogens is 234 g/mol. The second kappa shape index (κ2) is 7.09. The third-order valence-electron chi connectivity index (χ3n) is 3.69. The van der Waals surface area contributed by atoms with E-state index >= 15 is 0 Å². The van der Waals surface area contributed by atoms with Crippen molar-refractivity contribution in [3.63, 3.8) is 0 Å². The fourth-order valence-corrected chi connectivity index (χ4v) is 2.94. The smallest absolute Gasteiger partial charge is 0.108 e. The summed E-state index contributed by atoms with van der Waals surface area (Å²) in [6.45, 7) is 9.35. The summed E-state index contributed by atoms with van der Waals surface area (Å²) in [5, 5.41) is 3.46. The van der Waals surface area contributed by atoms with E-state index in [0.717, 1.165) is 18.8 Å². The molecule has 0 aliphatic rings. The minimum Gasteiger partial charge on any atom is -0.338 e. The molecule has 0 fully saturated rings. The summed E-state index contributed by atoms with van der Waals surface area (Å²) < 4.78 is 2.12. The van der Waals surface area contributed by atoms with Gasteiger partial charge in [-0.3, -0.25) is 0 Å². The molecule has 110 valence electrons. The summed E-state index contributed by atoms with van der Waals surface area (Å²) in [5.74, 6) is 1.95. The topological polar surface area (TPSA) is 29.9 Å². The normalized spacial score (nSPS) is 15.5. The monoisotopic (exact) mass is 265 g/mol. The van der Waals surface area contributed by atoms with Crippen LogP contribution in [0.5, 0.6) is 0 Å². The molecule has 1 heterocycles. The van der Waals surface area contributed by atoms with E-state index in [2.05, 4.69) is 56.7 Å². The summed E-state index contributed by atoms with van der Waals surface area (Å²) >= 11 is 0. The predicted molar refractivity (Wildman–Crippen MR) is 82.2 cm³/mol. The van der Waals surface area contributed by atoms with E-state index in [1.807, 2.05) is 12.4 Å². The first-order valence-corrected chi connectivity index (χ1v) is 7.45. The molecule has 0 spiro atoms. The molecule has 0 aliphatic heterocycles. The van der Waals surface area contributed by atoms with E-state index < -0.39 is 0 Å². The van der Waals surface area contributed by atoms with Crippen LogP contribution in [-0.2, 0) is 13.5 Å². The highest BCUT2D eigenvalue weighted by atomic mass is 15.0. The van der Waals surface area contributed by atoms with Crippen LogP contribution in [0.4, 0.5) is 0 Å². The van der Waals surface area contributed by atoms with Crippen molar-refractivity contribution in [3.05, 3.63) is 18.2 Å². The van der Waals surface area contributed by atoms with E-state index in [4.69, 9.17) is 0 Å². The second-order valence-corrected chi connectivity index (χ2v) is 7.08. The molecule has 0 saturated heterocycles. The zero-order valence-corrected chi connectivity index (χ0v) is 13.5. The van der Waals surface area contributed by atoms with E-state index in [1.54, 1.807) is 0 Å². The van der Waals surface area contributed by atoms with Gasteiger partial charge in [0.25, 0.3) is 0 Å². The quantitative estimate of drug-likeness (QED) is 0.819. The Morgan fingerprint density at radius 2 is 2.05 bits per heavy atom. The highest BCUT2D eigenvalue weighted by Crippen LogP contribution is 2.27. The van der Waals surface area contributed by atoms with Crippen molar-refractivity contribution >= 4 is 0 Å². The van der Waals surface area contributed by atoms with Crippen LogP contribution in [0.15, 0.2) is 12.4 Å². The van der Waals surface area contributed by atoms with E-state index in [0.29, 0.717) is 11.5 Å². The van der Waals surface area contributed by atoms with E-state index in [-0.39, 0.29) is 0 Å². The molecule has 2 unspecified atom stereocenters. The van der Waals surface area contributed by atoms with Crippen LogP contribution in [0, 0.1) is 11.3 Å². The Labute approximate surface area is 118 Å². The van der Waals surface area contributed by atoms with E-state index in [1.165, 1.54) is 18.7 Å². The fraction of sp³-hybridized carbons (Fsp3) is 0.812. The van der Waals surface area contributed by atoms with Gasteiger partial charge in [0.05, 0.1) is 0 Å². The van der Waals surface area contributed by atoms with Crippen LogP contribution in [0.3, 0.4) is 0 Å². The third-order valence-corrected chi connectivity index (χ3v) is 3.69. The number of aromatic nitrogens is 2.